The van der Waals surface area contributed by atoms with E-state index in [0.29, 0.717) is 12.0 Å². The zero-order valence-electron chi connectivity index (χ0n) is 17.7. The molecule has 0 spiro atoms. The highest BCUT2D eigenvalue weighted by atomic mass is 32.1. The van der Waals surface area contributed by atoms with Crippen LogP contribution in [0.3, 0.4) is 0 Å². The number of guanidine groups is 1. The molecule has 1 aromatic rings. The highest BCUT2D eigenvalue weighted by molar-refractivity contribution is 7.09. The van der Waals surface area contributed by atoms with Crippen LogP contribution in [-0.4, -0.2) is 73.2 Å². The molecule has 0 amide bonds. The van der Waals surface area contributed by atoms with Crippen molar-refractivity contribution < 1.29 is 4.74 Å². The van der Waals surface area contributed by atoms with Gasteiger partial charge in [-0.05, 0) is 19.8 Å². The van der Waals surface area contributed by atoms with Crippen molar-refractivity contribution in [3.05, 3.63) is 16.1 Å². The molecule has 6 nitrogen and oxygen atoms in total. The Balaban J connectivity index is 2.09. The Morgan fingerprint density at radius 1 is 1.33 bits per heavy atom. The van der Waals surface area contributed by atoms with Gasteiger partial charge in [-0.2, -0.15) is 0 Å². The smallest absolute Gasteiger partial charge is 0.194 e. The number of morpholine rings is 1. The third-order valence-electron chi connectivity index (χ3n) is 5.30. The lowest BCUT2D eigenvalue weighted by Crippen LogP contribution is -2.49. The molecule has 0 saturated carbocycles. The van der Waals surface area contributed by atoms with E-state index in [4.69, 9.17) is 9.73 Å². The third kappa shape index (κ3) is 6.73. The Morgan fingerprint density at radius 3 is 2.59 bits per heavy atom. The van der Waals surface area contributed by atoms with Gasteiger partial charge in [-0.1, -0.05) is 26.7 Å². The monoisotopic (exact) mass is 395 g/mol. The summed E-state index contributed by atoms with van der Waals surface area (Å²) < 4.78 is 5.56. The topological polar surface area (TPSA) is 53.0 Å². The molecular formula is C20H37N5OS. The van der Waals surface area contributed by atoms with E-state index in [0.717, 1.165) is 62.6 Å². The summed E-state index contributed by atoms with van der Waals surface area (Å²) in [6, 6.07) is 0.479. The molecule has 1 unspecified atom stereocenters. The minimum Gasteiger partial charge on any atom is -0.379 e. The van der Waals surface area contributed by atoms with Crippen molar-refractivity contribution >= 4 is 17.3 Å². The standard InChI is InChI=1S/C20H37N5OS/c1-6-17(7-2)19(25-9-11-26-12-10-25)13-22-20(21-8-3)24(5)14-18-15-27-16(4)23-18/h15,17,19H,6-14H2,1-5H3,(H,21,22). The van der Waals surface area contributed by atoms with E-state index < -0.39 is 0 Å². The molecule has 154 valence electrons. The molecule has 1 saturated heterocycles. The SMILES string of the molecule is CCNC(=NCC(C(CC)CC)N1CCOCC1)N(C)Cc1csc(C)n1. The Kier molecular flexibility index (Phi) is 9.51. The number of hydrogen-bond donors (Lipinski definition) is 1. The highest BCUT2D eigenvalue weighted by Gasteiger charge is 2.27. The fourth-order valence-electron chi connectivity index (χ4n) is 3.75. The molecular weight excluding hydrogens is 358 g/mol. The van der Waals surface area contributed by atoms with Gasteiger partial charge in [-0.3, -0.25) is 9.89 Å². The maximum Gasteiger partial charge on any atom is 0.194 e. The van der Waals surface area contributed by atoms with E-state index in [-0.39, 0.29) is 0 Å². The van der Waals surface area contributed by atoms with E-state index in [2.05, 4.69) is 60.2 Å². The largest absolute Gasteiger partial charge is 0.379 e. The van der Waals surface area contributed by atoms with Gasteiger partial charge in [0.1, 0.15) is 0 Å². The summed E-state index contributed by atoms with van der Waals surface area (Å²) in [4.78, 5) is 14.4. The van der Waals surface area contributed by atoms with Crippen molar-refractivity contribution in [3.8, 4) is 0 Å². The summed E-state index contributed by atoms with van der Waals surface area (Å²) in [5, 5.41) is 6.70. The number of aliphatic imine (C=N–C) groups is 1. The van der Waals surface area contributed by atoms with Crippen LogP contribution in [0.25, 0.3) is 0 Å². The molecule has 1 N–H and O–H groups in total. The molecule has 1 aliphatic heterocycles. The number of nitrogens with zero attached hydrogens (tertiary/aromatic N) is 4. The predicted octanol–water partition coefficient (Wildman–Crippen LogP) is 2.99. The summed E-state index contributed by atoms with van der Waals surface area (Å²) in [5.74, 6) is 1.63. The second-order valence-corrected chi connectivity index (χ2v) is 8.26. The number of rotatable bonds is 9. The first-order valence-corrected chi connectivity index (χ1v) is 11.2. The molecule has 2 rings (SSSR count). The van der Waals surface area contributed by atoms with Gasteiger partial charge in [0.15, 0.2) is 5.96 Å². The molecule has 0 radical (unpaired) electrons. The van der Waals surface area contributed by atoms with Gasteiger partial charge in [0.25, 0.3) is 0 Å². The van der Waals surface area contributed by atoms with Crippen LogP contribution < -0.4 is 5.32 Å². The van der Waals surface area contributed by atoms with Gasteiger partial charge >= 0.3 is 0 Å². The predicted molar refractivity (Wildman–Crippen MR) is 115 cm³/mol. The van der Waals surface area contributed by atoms with E-state index in [1.54, 1.807) is 11.3 Å². The molecule has 1 fully saturated rings. The summed E-state index contributed by atoms with van der Waals surface area (Å²) in [6.45, 7) is 15.0. The number of aryl methyl sites for hydroxylation is 1. The van der Waals surface area contributed by atoms with Gasteiger partial charge in [-0.25, -0.2) is 4.98 Å². The van der Waals surface area contributed by atoms with Crippen LogP contribution >= 0.6 is 11.3 Å². The van der Waals surface area contributed by atoms with Gasteiger partial charge in [0.05, 0.1) is 37.0 Å². The average Bonchev–Trinajstić information content (AvgIpc) is 3.09. The molecule has 1 atom stereocenters. The number of nitrogens with one attached hydrogen (secondary N) is 1. The summed E-state index contributed by atoms with van der Waals surface area (Å²) >= 11 is 1.70. The van der Waals surface area contributed by atoms with Crippen LogP contribution in [-0.2, 0) is 11.3 Å². The van der Waals surface area contributed by atoms with E-state index >= 15 is 0 Å². The molecule has 0 aliphatic carbocycles. The van der Waals surface area contributed by atoms with Crippen LogP contribution in [0, 0.1) is 12.8 Å². The maximum absolute atomic E-state index is 5.56. The first-order valence-electron chi connectivity index (χ1n) is 10.3. The molecule has 1 aliphatic rings. The number of aromatic nitrogens is 1. The minimum atomic E-state index is 0.479. The summed E-state index contributed by atoms with van der Waals surface area (Å²) in [5.41, 5.74) is 1.11. The second-order valence-electron chi connectivity index (χ2n) is 7.20. The second kappa shape index (κ2) is 11.6. The number of hydrogen-bond acceptors (Lipinski definition) is 5. The van der Waals surface area contributed by atoms with Crippen LogP contribution in [0.4, 0.5) is 0 Å². The maximum atomic E-state index is 5.56. The van der Waals surface area contributed by atoms with Crippen molar-refractivity contribution in [2.75, 3.05) is 46.4 Å². The first kappa shape index (κ1) is 22.1. The van der Waals surface area contributed by atoms with E-state index in [1.165, 1.54) is 12.8 Å². The van der Waals surface area contributed by atoms with Gasteiger partial charge in [0.2, 0.25) is 0 Å². The quantitative estimate of drug-likeness (QED) is 0.515. The normalized spacial score (nSPS) is 17.3. The van der Waals surface area contributed by atoms with Gasteiger partial charge < -0.3 is 15.0 Å². The third-order valence-corrected chi connectivity index (χ3v) is 6.12. The average molecular weight is 396 g/mol. The summed E-state index contributed by atoms with van der Waals surface area (Å²) in [7, 11) is 2.09. The van der Waals surface area contributed by atoms with E-state index in [1.807, 2.05) is 0 Å². The van der Waals surface area contributed by atoms with Gasteiger partial charge in [-0.15, -0.1) is 11.3 Å². The fraction of sp³-hybridized carbons (Fsp3) is 0.800. The molecule has 2 heterocycles. The Morgan fingerprint density at radius 2 is 2.04 bits per heavy atom. The van der Waals surface area contributed by atoms with Crippen molar-refractivity contribution in [1.82, 2.24) is 20.1 Å². The number of thiazole rings is 1. The van der Waals surface area contributed by atoms with Gasteiger partial charge in [0, 0.05) is 38.1 Å². The molecule has 0 bridgehead atoms. The molecule has 0 aromatic carbocycles. The van der Waals surface area contributed by atoms with Crippen molar-refractivity contribution in [2.24, 2.45) is 10.9 Å². The van der Waals surface area contributed by atoms with Crippen molar-refractivity contribution in [2.45, 2.75) is 53.1 Å². The Bertz CT molecular complexity index is 566. The van der Waals surface area contributed by atoms with Crippen LogP contribution in [0.1, 0.15) is 44.3 Å². The first-order chi connectivity index (χ1) is 13.1. The lowest BCUT2D eigenvalue weighted by atomic mass is 9.92. The molecule has 27 heavy (non-hydrogen) atoms. The zero-order valence-corrected chi connectivity index (χ0v) is 18.5. The van der Waals surface area contributed by atoms with Crippen LogP contribution in [0.5, 0.6) is 0 Å². The number of ether oxygens (including phenoxy) is 1. The van der Waals surface area contributed by atoms with Crippen LogP contribution in [0.15, 0.2) is 10.4 Å². The Labute approximate surface area is 169 Å². The van der Waals surface area contributed by atoms with Crippen LogP contribution in [0.2, 0.25) is 0 Å². The zero-order chi connectivity index (χ0) is 19.6. The van der Waals surface area contributed by atoms with Crippen molar-refractivity contribution in [1.29, 1.82) is 0 Å². The Hall–Kier alpha value is -1.18. The van der Waals surface area contributed by atoms with Crippen molar-refractivity contribution in [3.63, 3.8) is 0 Å². The lowest BCUT2D eigenvalue weighted by molar-refractivity contribution is 0.00391. The highest BCUT2D eigenvalue weighted by Crippen LogP contribution is 2.20. The minimum absolute atomic E-state index is 0.479. The lowest BCUT2D eigenvalue weighted by Gasteiger charge is -2.38. The molecule has 1 aromatic heterocycles. The van der Waals surface area contributed by atoms with E-state index in [9.17, 15) is 0 Å². The fourth-order valence-corrected chi connectivity index (χ4v) is 4.36. The molecule has 7 heteroatoms. The summed E-state index contributed by atoms with van der Waals surface area (Å²) in [6.07, 6.45) is 2.39.